The van der Waals surface area contributed by atoms with Gasteiger partial charge < -0.3 is 0 Å². The SMILES string of the molecule is C=C=C(C)CC/C=C(/C)CCC=C(C)C. The molecule has 0 aliphatic rings. The third kappa shape index (κ3) is 9.31. The zero-order valence-corrected chi connectivity index (χ0v) is 10.7. The second-order valence-corrected chi connectivity index (χ2v) is 4.37. The number of hydrogen-bond donors (Lipinski definition) is 0. The molecule has 0 aliphatic carbocycles. The monoisotopic (exact) mass is 204 g/mol. The summed E-state index contributed by atoms with van der Waals surface area (Å²) in [5, 5.41) is 0. The Hall–Kier alpha value is -1.00. The molecule has 0 fully saturated rings. The van der Waals surface area contributed by atoms with E-state index in [0.717, 1.165) is 12.8 Å². The number of allylic oxidation sites excluding steroid dienone is 5. The fourth-order valence-electron chi connectivity index (χ4n) is 1.31. The lowest BCUT2D eigenvalue weighted by atomic mass is 10.1. The summed E-state index contributed by atoms with van der Waals surface area (Å²) in [6.07, 6.45) is 9.19. The van der Waals surface area contributed by atoms with Crippen molar-refractivity contribution in [1.82, 2.24) is 0 Å². The van der Waals surface area contributed by atoms with Crippen molar-refractivity contribution >= 4 is 0 Å². The predicted molar refractivity (Wildman–Crippen MR) is 70.0 cm³/mol. The van der Waals surface area contributed by atoms with Crippen molar-refractivity contribution < 1.29 is 0 Å². The minimum absolute atomic E-state index is 1.09. The van der Waals surface area contributed by atoms with Crippen molar-refractivity contribution in [2.75, 3.05) is 0 Å². The maximum absolute atomic E-state index is 3.64. The Kier molecular flexibility index (Phi) is 7.77. The van der Waals surface area contributed by atoms with E-state index in [9.17, 15) is 0 Å². The molecule has 0 nitrogen and oxygen atoms in total. The van der Waals surface area contributed by atoms with Crippen molar-refractivity contribution in [2.45, 2.75) is 53.4 Å². The lowest BCUT2D eigenvalue weighted by Gasteiger charge is -1.99. The van der Waals surface area contributed by atoms with E-state index in [4.69, 9.17) is 0 Å². The highest BCUT2D eigenvalue weighted by atomic mass is 14.0. The third-order valence-electron chi connectivity index (χ3n) is 2.41. The van der Waals surface area contributed by atoms with Gasteiger partial charge in [0.25, 0.3) is 0 Å². The molecule has 0 bridgehead atoms. The Morgan fingerprint density at radius 1 is 1.00 bits per heavy atom. The molecule has 15 heavy (non-hydrogen) atoms. The molecule has 84 valence electrons. The molecule has 0 spiro atoms. The van der Waals surface area contributed by atoms with Gasteiger partial charge in [0.15, 0.2) is 0 Å². The minimum atomic E-state index is 1.09. The van der Waals surface area contributed by atoms with Crippen molar-refractivity contribution in [3.05, 3.63) is 41.2 Å². The predicted octanol–water partition coefficient (Wildman–Crippen LogP) is 5.19. The van der Waals surface area contributed by atoms with Gasteiger partial charge in [0, 0.05) is 0 Å². The van der Waals surface area contributed by atoms with Gasteiger partial charge in [-0.3, -0.25) is 0 Å². The van der Waals surface area contributed by atoms with Crippen LogP contribution >= 0.6 is 0 Å². The number of rotatable bonds is 6. The maximum Gasteiger partial charge on any atom is -0.0212 e. The molecule has 0 aromatic heterocycles. The fourth-order valence-corrected chi connectivity index (χ4v) is 1.31. The summed E-state index contributed by atoms with van der Waals surface area (Å²) in [7, 11) is 0. The molecule has 0 atom stereocenters. The van der Waals surface area contributed by atoms with E-state index in [-0.39, 0.29) is 0 Å². The number of hydrogen-bond acceptors (Lipinski definition) is 0. The second kappa shape index (κ2) is 8.32. The van der Waals surface area contributed by atoms with Gasteiger partial charge in [0.05, 0.1) is 0 Å². The van der Waals surface area contributed by atoms with Gasteiger partial charge in [-0.25, -0.2) is 0 Å². The molecule has 0 N–H and O–H groups in total. The van der Waals surface area contributed by atoms with Crippen LogP contribution in [0.15, 0.2) is 41.2 Å². The Morgan fingerprint density at radius 3 is 2.13 bits per heavy atom. The van der Waals surface area contributed by atoms with Crippen LogP contribution in [0.25, 0.3) is 0 Å². The first-order valence-electron chi connectivity index (χ1n) is 5.70. The van der Waals surface area contributed by atoms with Crippen molar-refractivity contribution in [3.63, 3.8) is 0 Å². The summed E-state index contributed by atoms with van der Waals surface area (Å²) in [5.41, 5.74) is 7.08. The van der Waals surface area contributed by atoms with Crippen LogP contribution in [0.4, 0.5) is 0 Å². The topological polar surface area (TPSA) is 0 Å². The van der Waals surface area contributed by atoms with Crippen LogP contribution in [-0.4, -0.2) is 0 Å². The van der Waals surface area contributed by atoms with Crippen molar-refractivity contribution in [3.8, 4) is 0 Å². The zero-order valence-electron chi connectivity index (χ0n) is 10.7. The molecular formula is C15H24. The minimum Gasteiger partial charge on any atom is -0.130 e. The normalized spacial score (nSPS) is 10.8. The summed E-state index contributed by atoms with van der Waals surface area (Å²) in [6.45, 7) is 12.2. The largest absolute Gasteiger partial charge is 0.130 e. The van der Waals surface area contributed by atoms with E-state index >= 15 is 0 Å². The van der Waals surface area contributed by atoms with Crippen LogP contribution in [-0.2, 0) is 0 Å². The molecule has 0 heterocycles. The van der Waals surface area contributed by atoms with Crippen molar-refractivity contribution in [1.29, 1.82) is 0 Å². The lowest BCUT2D eigenvalue weighted by molar-refractivity contribution is 0.919. The van der Waals surface area contributed by atoms with Crippen LogP contribution in [0.3, 0.4) is 0 Å². The lowest BCUT2D eigenvalue weighted by Crippen LogP contribution is -1.79. The van der Waals surface area contributed by atoms with Gasteiger partial charge in [-0.2, -0.15) is 0 Å². The van der Waals surface area contributed by atoms with E-state index in [1.54, 1.807) is 0 Å². The molecule has 0 radical (unpaired) electrons. The van der Waals surface area contributed by atoms with Crippen LogP contribution < -0.4 is 0 Å². The molecule has 0 unspecified atom stereocenters. The van der Waals surface area contributed by atoms with E-state index in [0.29, 0.717) is 0 Å². The van der Waals surface area contributed by atoms with Gasteiger partial charge in [-0.1, -0.05) is 29.9 Å². The van der Waals surface area contributed by atoms with Gasteiger partial charge >= 0.3 is 0 Å². The Morgan fingerprint density at radius 2 is 1.60 bits per heavy atom. The molecule has 0 aliphatic heterocycles. The van der Waals surface area contributed by atoms with Crippen LogP contribution in [0.2, 0.25) is 0 Å². The van der Waals surface area contributed by atoms with Gasteiger partial charge in [0.1, 0.15) is 0 Å². The Labute approximate surface area is 95.1 Å². The average molecular weight is 204 g/mol. The van der Waals surface area contributed by atoms with Crippen LogP contribution in [0.5, 0.6) is 0 Å². The quantitative estimate of drug-likeness (QED) is 0.412. The zero-order chi connectivity index (χ0) is 11.7. The molecule has 0 saturated carbocycles. The first-order chi connectivity index (χ1) is 7.06. The summed E-state index contributed by atoms with van der Waals surface area (Å²) >= 11 is 0. The summed E-state index contributed by atoms with van der Waals surface area (Å²) in [4.78, 5) is 0. The molecule has 0 amide bonds. The highest BCUT2D eigenvalue weighted by Crippen LogP contribution is 2.10. The Balaban J connectivity index is 3.80. The fraction of sp³-hybridized carbons (Fsp3) is 0.533. The van der Waals surface area contributed by atoms with Gasteiger partial charge in [0.2, 0.25) is 0 Å². The van der Waals surface area contributed by atoms with Crippen LogP contribution in [0, 0.1) is 0 Å². The summed E-state index contributed by atoms with van der Waals surface area (Å²) in [5.74, 6) is 0. The molecule has 0 aromatic rings. The highest BCUT2D eigenvalue weighted by Gasteiger charge is 1.90. The molecule has 0 rings (SSSR count). The first kappa shape index (κ1) is 14.0. The molecular weight excluding hydrogens is 180 g/mol. The first-order valence-corrected chi connectivity index (χ1v) is 5.70. The average Bonchev–Trinajstić information content (AvgIpc) is 2.17. The van der Waals surface area contributed by atoms with E-state index < -0.39 is 0 Å². The van der Waals surface area contributed by atoms with E-state index in [1.807, 2.05) is 0 Å². The molecule has 0 heteroatoms. The highest BCUT2D eigenvalue weighted by molar-refractivity contribution is 5.04. The smallest absolute Gasteiger partial charge is 0.0212 e. The Bertz CT molecular complexity index is 279. The van der Waals surface area contributed by atoms with E-state index in [2.05, 4.69) is 52.2 Å². The van der Waals surface area contributed by atoms with E-state index in [1.165, 1.54) is 29.6 Å². The third-order valence-corrected chi connectivity index (χ3v) is 2.41. The maximum atomic E-state index is 3.64. The van der Waals surface area contributed by atoms with Crippen LogP contribution in [0.1, 0.15) is 53.4 Å². The summed E-state index contributed by atoms with van der Waals surface area (Å²) in [6, 6.07) is 0. The second-order valence-electron chi connectivity index (χ2n) is 4.37. The van der Waals surface area contributed by atoms with Gasteiger partial charge in [-0.15, -0.1) is 5.73 Å². The summed E-state index contributed by atoms with van der Waals surface area (Å²) < 4.78 is 0. The van der Waals surface area contributed by atoms with Crippen molar-refractivity contribution in [2.24, 2.45) is 0 Å². The molecule has 0 aromatic carbocycles. The molecule has 0 saturated heterocycles. The standard InChI is InChI=1S/C15H24/c1-6-14(4)10-8-12-15(5)11-7-9-13(2)3/h9,12H,1,7-8,10-11H2,2-5H3/b15-12-. The van der Waals surface area contributed by atoms with Gasteiger partial charge in [-0.05, 0) is 59.0 Å².